The summed E-state index contributed by atoms with van der Waals surface area (Å²) in [5.41, 5.74) is 14.7. The van der Waals surface area contributed by atoms with Crippen molar-refractivity contribution in [1.82, 2.24) is 0 Å². The molecule has 110 heavy (non-hydrogen) atoms. The number of fused-ring (bicyclic) bond motifs is 4. The molecule has 0 radical (unpaired) electrons. The highest BCUT2D eigenvalue weighted by Crippen LogP contribution is 2.44. The molecule has 0 saturated heterocycles. The van der Waals surface area contributed by atoms with Crippen molar-refractivity contribution >= 4 is 55.2 Å². The molecule has 4 atom stereocenters. The van der Waals surface area contributed by atoms with E-state index < -0.39 is 52.0 Å². The molecular formula is C95H138Al2N8O5+4. The van der Waals surface area contributed by atoms with Gasteiger partial charge in [-0.1, -0.05) is 174 Å². The molecule has 2 aliphatic rings. The van der Waals surface area contributed by atoms with E-state index in [1.807, 2.05) is 24.9 Å². The van der Waals surface area contributed by atoms with E-state index in [4.69, 9.17) is 38.0 Å². The number of benzene rings is 7. The van der Waals surface area contributed by atoms with Crippen LogP contribution in [0.3, 0.4) is 0 Å². The first-order valence-corrected chi connectivity index (χ1v) is 44.5. The van der Waals surface area contributed by atoms with Crippen LogP contribution >= 0.6 is 0 Å². The second-order valence-corrected chi connectivity index (χ2v) is 39.5. The molecule has 590 valence electrons. The highest BCUT2D eigenvalue weighted by molar-refractivity contribution is 6.54. The number of hydrogen-bond acceptors (Lipinski definition) is 9. The molecule has 0 bridgehead atoms. The predicted octanol–water partition coefficient (Wildman–Crippen LogP) is 20.8. The van der Waals surface area contributed by atoms with Crippen molar-refractivity contribution in [3.8, 4) is 23.0 Å². The van der Waals surface area contributed by atoms with E-state index in [0.29, 0.717) is 23.0 Å². The average molecular weight is 1530 g/mol. The Kier molecular flexibility index (Phi) is 29.4. The van der Waals surface area contributed by atoms with Crippen molar-refractivity contribution in [3.63, 3.8) is 0 Å². The van der Waals surface area contributed by atoms with Gasteiger partial charge in [-0.05, 0) is 182 Å². The van der Waals surface area contributed by atoms with Crippen LogP contribution in [0.25, 0.3) is 0 Å². The zero-order valence-corrected chi connectivity index (χ0v) is 74.8. The highest BCUT2D eigenvalue weighted by atomic mass is 27.3. The minimum absolute atomic E-state index is 0.193. The molecule has 9 rings (SSSR count). The van der Waals surface area contributed by atoms with Crippen LogP contribution in [0.2, 0.25) is 0 Å². The van der Waals surface area contributed by atoms with E-state index in [0.717, 1.165) is 167 Å². The molecule has 7 aromatic rings. The van der Waals surface area contributed by atoms with Crippen molar-refractivity contribution in [3.05, 3.63) is 223 Å². The van der Waals surface area contributed by atoms with Crippen LogP contribution in [0, 0.1) is 0 Å². The summed E-state index contributed by atoms with van der Waals surface area (Å²) >= 11 is -7.57. The van der Waals surface area contributed by atoms with E-state index in [2.05, 4.69) is 313 Å². The van der Waals surface area contributed by atoms with Gasteiger partial charge in [0.05, 0.1) is 106 Å². The summed E-state index contributed by atoms with van der Waals surface area (Å²) < 4.78 is 44.1. The van der Waals surface area contributed by atoms with Crippen LogP contribution < -0.4 is 15.2 Å². The third-order valence-electron chi connectivity index (χ3n) is 24.4. The first-order valence-electron chi connectivity index (χ1n) is 41.7. The molecule has 0 N–H and O–H groups in total. The van der Waals surface area contributed by atoms with Crippen LogP contribution in [-0.2, 0) is 70.3 Å². The summed E-state index contributed by atoms with van der Waals surface area (Å²) in [6, 6.07) is 51.0. The van der Waals surface area contributed by atoms with Gasteiger partial charge in [-0.3, -0.25) is 20.0 Å². The van der Waals surface area contributed by atoms with Gasteiger partial charge in [-0.2, -0.15) is 0 Å². The maximum absolute atomic E-state index is 8.18. The third-order valence-corrected chi connectivity index (χ3v) is 27.9. The molecule has 0 amide bonds. The molecule has 0 aromatic heterocycles. The van der Waals surface area contributed by atoms with Crippen LogP contribution in [0.15, 0.2) is 159 Å². The van der Waals surface area contributed by atoms with Crippen LogP contribution in [0.4, 0.5) is 0 Å². The number of rotatable bonds is 25. The lowest BCUT2D eigenvalue weighted by Gasteiger charge is -2.38. The Balaban J connectivity index is 1.37. The number of hydrogen-bond donors (Lipinski definition) is 0. The highest BCUT2D eigenvalue weighted by Gasteiger charge is 2.56. The lowest BCUT2D eigenvalue weighted by atomic mass is 9.84. The monoisotopic (exact) mass is 1530 g/mol. The summed E-state index contributed by atoms with van der Waals surface area (Å²) in [6.45, 7) is 71.9. The summed E-state index contributed by atoms with van der Waals surface area (Å²) in [7, 11) is 0. The van der Waals surface area contributed by atoms with E-state index >= 15 is 0 Å². The maximum Gasteiger partial charge on any atom is 1.07 e. The van der Waals surface area contributed by atoms with Gasteiger partial charge in [0.15, 0.2) is 0 Å². The predicted molar refractivity (Wildman–Crippen MR) is 465 cm³/mol. The second kappa shape index (κ2) is 37.1. The zero-order chi connectivity index (χ0) is 80.2. The Morgan fingerprint density at radius 2 is 0.473 bits per heavy atom. The summed E-state index contributed by atoms with van der Waals surface area (Å²) in [5, 5.41) is 0. The fourth-order valence-electron chi connectivity index (χ4n) is 15.9. The minimum Gasteiger partial charge on any atom is -0.589 e. The lowest BCUT2D eigenvalue weighted by Crippen LogP contribution is -2.48. The lowest BCUT2D eigenvalue weighted by molar-refractivity contribution is -0.950. The number of nitrogens with zero attached hydrogens (tertiary/aromatic N) is 8. The fourth-order valence-corrected chi connectivity index (χ4v) is 19.5. The van der Waals surface area contributed by atoms with Gasteiger partial charge in [0.2, 0.25) is 0 Å². The molecule has 0 saturated carbocycles. The molecule has 0 aliphatic carbocycles. The number of quaternary nitrogens is 4. The quantitative estimate of drug-likeness (QED) is 0.0420. The summed E-state index contributed by atoms with van der Waals surface area (Å²) in [4.78, 5) is 22.0. The normalized spacial score (nSPS) is 17.1. The molecule has 0 spiro atoms. The minimum atomic E-state index is -3.79. The van der Waals surface area contributed by atoms with Gasteiger partial charge in [0, 0.05) is 86.1 Å². The third kappa shape index (κ3) is 22.0. The molecule has 7 aromatic carbocycles. The fraction of sp³-hybridized carbons (Fsp3) is 0.516. The molecule has 13 nitrogen and oxygen atoms in total. The Labute approximate surface area is 676 Å². The first-order chi connectivity index (χ1) is 52.0. The molecule has 15 heteroatoms. The van der Waals surface area contributed by atoms with Crippen LogP contribution in [-0.4, -0.2) is 156 Å². The van der Waals surface area contributed by atoms with E-state index in [1.54, 1.807) is 0 Å². The van der Waals surface area contributed by atoms with Gasteiger partial charge in [0.1, 0.15) is 45.8 Å². The largest absolute Gasteiger partial charge is 1.07 e. The van der Waals surface area contributed by atoms with Gasteiger partial charge in [0.25, 0.3) is 0 Å². The van der Waals surface area contributed by atoms with Crippen molar-refractivity contribution in [2.75, 3.05) is 58.9 Å². The van der Waals surface area contributed by atoms with Crippen molar-refractivity contribution < 1.29 is 35.9 Å². The van der Waals surface area contributed by atoms with E-state index in [1.165, 1.54) is 38.9 Å². The zero-order valence-electron chi connectivity index (χ0n) is 72.5. The van der Waals surface area contributed by atoms with Crippen molar-refractivity contribution in [1.29, 1.82) is 0 Å². The molecule has 0 unspecified atom stereocenters. The summed E-state index contributed by atoms with van der Waals surface area (Å²) in [6.07, 6.45) is 8.19. The molecule has 0 fully saturated rings. The molecule has 2 aliphatic heterocycles. The van der Waals surface area contributed by atoms with E-state index in [-0.39, 0.29) is 24.2 Å². The van der Waals surface area contributed by atoms with Gasteiger partial charge in [-0.25, -0.2) is 0 Å². The smallest absolute Gasteiger partial charge is 0.589 e. The Hall–Kier alpha value is -6.72. The van der Waals surface area contributed by atoms with Gasteiger partial charge < -0.3 is 35.9 Å². The van der Waals surface area contributed by atoms with E-state index in [9.17, 15) is 0 Å². The first kappa shape index (κ1) is 87.3. The Morgan fingerprint density at radius 1 is 0.282 bits per heavy atom. The SMILES string of the molecule is CC[N+](CC)(CC)Cc1cc2c(c(C(C)(C)C)c1)[O][Al]([O][Al]1[O]c3c(cc(C[N+](CC)(CC)Cc4ccccc4)cc3C(C)(C)C)C=N[C@H](C)[C@@H](C)N=Cc3cc(C[N+](CC)(CC)Cc4ccccc4)cc(C(C)(C)C)c3[O]1)[O]c1c(cc(C[N+](CC)(CC)Cc3ccccc3)cc1C(C)(C)C)C=N[C@H](C)[C@@H](C)N=C2. The number of aliphatic imine (C=N–C) groups is 4. The van der Waals surface area contributed by atoms with Gasteiger partial charge in [-0.15, -0.1) is 0 Å². The average Bonchev–Trinajstić information content (AvgIpc) is 0.995. The van der Waals surface area contributed by atoms with Gasteiger partial charge >= 0.3 is 30.3 Å². The van der Waals surface area contributed by atoms with Crippen molar-refractivity contribution in [2.45, 2.75) is 265 Å². The topological polar surface area (TPSA) is 95.6 Å². The maximum atomic E-state index is 8.18. The van der Waals surface area contributed by atoms with Crippen LogP contribution in [0.5, 0.6) is 23.0 Å². The Morgan fingerprint density at radius 3 is 0.664 bits per heavy atom. The second-order valence-electron chi connectivity index (χ2n) is 36.3. The van der Waals surface area contributed by atoms with Crippen LogP contribution in [0.1, 0.15) is 257 Å². The molecule has 2 heterocycles. The summed E-state index contributed by atoms with van der Waals surface area (Å²) in [5.74, 6) is 2.71. The Bertz CT molecular complexity index is 4130. The molecular weight excluding hydrogens is 1390 g/mol. The van der Waals surface area contributed by atoms with Crippen molar-refractivity contribution in [2.24, 2.45) is 20.0 Å². The standard InChI is InChI=1S/C50H70N4O2.C45H68N4O2.2Al.O/c1-13-53(14-2,33-39-23-19-17-20-24-39)35-41-27-43(47(55)45(29-41)49(7,8)9)31-51-37(5)38(6)52-32-44-28-42(30-46(48(44)56)50(10,11)12)36-54(15-3,16-4)34-40-25-21-18-22-26-40;1-14-48(15-2,16-3)31-36-24-38(42(50)40(26-36)44(8,9)10)28-46-33(6)34(7)47-29-39-25-37(27-41(43(39)51)45(11,12)13)32-49(17-4,18-5)30-35-22-20-19-21-23-35;;;/h17-32,37-38H,13-16,33-36H2,1-12H3;19-29,33-34H,14-18,30-32H2,1-13H3;;;/q;;2*+2;/t37-,38-;33-,34-;;;/m11.../s1.